The molecule has 0 fully saturated rings. The van der Waals surface area contributed by atoms with Crippen LogP contribution in [0.25, 0.3) is 0 Å². The van der Waals surface area contributed by atoms with E-state index in [1.807, 2.05) is 13.8 Å². The molecule has 2 aromatic carbocycles. The summed E-state index contributed by atoms with van der Waals surface area (Å²) in [6.45, 7) is 5.61. The van der Waals surface area contributed by atoms with Crippen LogP contribution in [0.3, 0.4) is 0 Å². The van der Waals surface area contributed by atoms with Crippen LogP contribution in [0.4, 0.5) is 11.4 Å². The van der Waals surface area contributed by atoms with Crippen molar-refractivity contribution in [3.05, 3.63) is 60.2 Å². The largest absolute Gasteiger partial charge is 0.350 e. The molecule has 2 atom stereocenters. The van der Waals surface area contributed by atoms with Crippen molar-refractivity contribution in [1.29, 1.82) is 0 Å². The zero-order chi connectivity index (χ0) is 22.3. The zero-order valence-electron chi connectivity index (χ0n) is 17.8. The van der Waals surface area contributed by atoms with E-state index in [0.717, 1.165) is 17.0 Å². The minimum absolute atomic E-state index is 0.0107. The Kier molecular flexibility index (Phi) is 8.00. The van der Waals surface area contributed by atoms with Gasteiger partial charge in [0, 0.05) is 6.04 Å². The number of hydrogen-bond acceptors (Lipinski definition) is 4. The molecule has 0 radical (unpaired) electrons. The summed E-state index contributed by atoms with van der Waals surface area (Å²) < 4.78 is 26.1. The van der Waals surface area contributed by atoms with Gasteiger partial charge in [-0.2, -0.15) is 0 Å². The standard InChI is InChI=1S/C22H29N3O4S/c1-5-16(3)23-21(26)18-14-10-11-15-19(18)24-22(27)20(6-2)25(30(4,28)29)17-12-8-7-9-13-17/h7-16,20H,5-6H2,1-4H3,(H,23,26)(H,24,27)/t16-,20-/m0/s1. The summed E-state index contributed by atoms with van der Waals surface area (Å²) in [6.07, 6.45) is 2.11. The Morgan fingerprint density at radius 3 is 2.13 bits per heavy atom. The first kappa shape index (κ1) is 23.4. The molecule has 162 valence electrons. The van der Waals surface area contributed by atoms with E-state index in [4.69, 9.17) is 0 Å². The lowest BCUT2D eigenvalue weighted by molar-refractivity contribution is -0.117. The van der Waals surface area contributed by atoms with E-state index < -0.39 is 22.0 Å². The average molecular weight is 432 g/mol. The van der Waals surface area contributed by atoms with Gasteiger partial charge in [0.1, 0.15) is 6.04 Å². The summed E-state index contributed by atoms with van der Waals surface area (Å²) in [5, 5.41) is 5.63. The van der Waals surface area contributed by atoms with E-state index in [2.05, 4.69) is 10.6 Å². The number of nitrogens with zero attached hydrogens (tertiary/aromatic N) is 1. The van der Waals surface area contributed by atoms with Crippen LogP contribution in [0, 0.1) is 0 Å². The fourth-order valence-electron chi connectivity index (χ4n) is 3.04. The van der Waals surface area contributed by atoms with E-state index in [9.17, 15) is 18.0 Å². The van der Waals surface area contributed by atoms with Gasteiger partial charge in [0.05, 0.1) is 23.2 Å². The lowest BCUT2D eigenvalue weighted by Crippen LogP contribution is -2.47. The quantitative estimate of drug-likeness (QED) is 0.636. The Labute approximate surface area is 178 Å². The second-order valence-electron chi connectivity index (χ2n) is 7.14. The van der Waals surface area contributed by atoms with Crippen molar-refractivity contribution in [3.63, 3.8) is 0 Å². The van der Waals surface area contributed by atoms with E-state index in [-0.39, 0.29) is 18.4 Å². The van der Waals surface area contributed by atoms with Gasteiger partial charge in [-0.05, 0) is 44.0 Å². The third-order valence-electron chi connectivity index (χ3n) is 4.76. The van der Waals surface area contributed by atoms with Crippen molar-refractivity contribution in [2.45, 2.75) is 45.7 Å². The van der Waals surface area contributed by atoms with Gasteiger partial charge in [-0.15, -0.1) is 0 Å². The van der Waals surface area contributed by atoms with E-state index in [1.165, 1.54) is 0 Å². The minimum atomic E-state index is -3.72. The molecule has 8 heteroatoms. The molecule has 2 aromatic rings. The predicted molar refractivity (Wildman–Crippen MR) is 120 cm³/mol. The van der Waals surface area contributed by atoms with Crippen LogP contribution >= 0.6 is 0 Å². The topological polar surface area (TPSA) is 95.6 Å². The highest BCUT2D eigenvalue weighted by Crippen LogP contribution is 2.24. The molecule has 0 unspecified atom stereocenters. The smallest absolute Gasteiger partial charge is 0.253 e. The lowest BCUT2D eigenvalue weighted by atomic mass is 10.1. The third-order valence-corrected chi connectivity index (χ3v) is 5.94. The molecule has 0 heterocycles. The van der Waals surface area contributed by atoms with Gasteiger partial charge in [0.25, 0.3) is 5.91 Å². The minimum Gasteiger partial charge on any atom is -0.350 e. The van der Waals surface area contributed by atoms with Crippen LogP contribution in [-0.2, 0) is 14.8 Å². The van der Waals surface area contributed by atoms with Crippen molar-refractivity contribution in [3.8, 4) is 0 Å². The van der Waals surface area contributed by atoms with Gasteiger partial charge < -0.3 is 10.6 Å². The molecule has 0 aliphatic heterocycles. The molecule has 0 aliphatic carbocycles. The number of hydrogen-bond donors (Lipinski definition) is 2. The van der Waals surface area contributed by atoms with Gasteiger partial charge in [-0.25, -0.2) is 8.42 Å². The maximum absolute atomic E-state index is 13.1. The number of nitrogens with one attached hydrogen (secondary N) is 2. The van der Waals surface area contributed by atoms with Gasteiger partial charge >= 0.3 is 0 Å². The number of carbonyl (C=O) groups excluding carboxylic acids is 2. The molecule has 2 rings (SSSR count). The molecular formula is C22H29N3O4S. The second-order valence-corrected chi connectivity index (χ2v) is 9.00. The van der Waals surface area contributed by atoms with E-state index in [0.29, 0.717) is 16.9 Å². The molecule has 0 bridgehead atoms. The summed E-state index contributed by atoms with van der Waals surface area (Å²) in [5.41, 5.74) is 1.07. The molecular weight excluding hydrogens is 402 g/mol. The molecule has 0 saturated carbocycles. The summed E-state index contributed by atoms with van der Waals surface area (Å²) in [7, 11) is -3.72. The fraction of sp³-hybridized carbons (Fsp3) is 0.364. The second kappa shape index (κ2) is 10.2. The SMILES string of the molecule is CC[C@H](C)NC(=O)c1ccccc1NC(=O)[C@H](CC)N(c1ccccc1)S(C)(=O)=O. The lowest BCUT2D eigenvalue weighted by Gasteiger charge is -2.30. The van der Waals surface area contributed by atoms with Crippen LogP contribution in [0.1, 0.15) is 44.0 Å². The monoisotopic (exact) mass is 431 g/mol. The first-order chi connectivity index (χ1) is 14.2. The summed E-state index contributed by atoms with van der Waals surface area (Å²) >= 11 is 0. The Hall–Kier alpha value is -2.87. The van der Waals surface area contributed by atoms with Crippen molar-refractivity contribution >= 4 is 33.2 Å². The van der Waals surface area contributed by atoms with Crippen molar-refractivity contribution in [2.24, 2.45) is 0 Å². The normalized spacial score (nSPS) is 13.2. The molecule has 0 aromatic heterocycles. The average Bonchev–Trinajstić information content (AvgIpc) is 2.71. The van der Waals surface area contributed by atoms with E-state index in [1.54, 1.807) is 61.5 Å². The number of anilines is 2. The van der Waals surface area contributed by atoms with Crippen molar-refractivity contribution in [2.75, 3.05) is 15.9 Å². The van der Waals surface area contributed by atoms with Gasteiger partial charge in [0.15, 0.2) is 0 Å². The van der Waals surface area contributed by atoms with E-state index >= 15 is 0 Å². The Morgan fingerprint density at radius 2 is 1.57 bits per heavy atom. The molecule has 0 saturated heterocycles. The number of amides is 2. The first-order valence-electron chi connectivity index (χ1n) is 9.94. The summed E-state index contributed by atoms with van der Waals surface area (Å²) in [5.74, 6) is -0.799. The maximum Gasteiger partial charge on any atom is 0.253 e. The number of sulfonamides is 1. The highest BCUT2D eigenvalue weighted by molar-refractivity contribution is 7.92. The van der Waals surface area contributed by atoms with Crippen molar-refractivity contribution < 1.29 is 18.0 Å². The summed E-state index contributed by atoms with van der Waals surface area (Å²) in [6, 6.07) is 14.2. The number of para-hydroxylation sites is 2. The highest BCUT2D eigenvalue weighted by Gasteiger charge is 2.32. The van der Waals surface area contributed by atoms with Crippen LogP contribution in [0.5, 0.6) is 0 Å². The maximum atomic E-state index is 13.1. The first-order valence-corrected chi connectivity index (χ1v) is 11.8. The van der Waals surface area contributed by atoms with Crippen LogP contribution < -0.4 is 14.9 Å². The Balaban J connectivity index is 2.34. The summed E-state index contributed by atoms with van der Waals surface area (Å²) in [4.78, 5) is 25.7. The third kappa shape index (κ3) is 5.82. The van der Waals surface area contributed by atoms with Gasteiger partial charge in [0.2, 0.25) is 15.9 Å². The predicted octanol–water partition coefficient (Wildman–Crippen LogP) is 3.40. The fourth-order valence-corrected chi connectivity index (χ4v) is 4.26. The molecule has 30 heavy (non-hydrogen) atoms. The van der Waals surface area contributed by atoms with Gasteiger partial charge in [-0.1, -0.05) is 44.2 Å². The number of benzene rings is 2. The highest BCUT2D eigenvalue weighted by atomic mass is 32.2. The number of rotatable bonds is 9. The number of carbonyl (C=O) groups is 2. The molecule has 0 spiro atoms. The van der Waals surface area contributed by atoms with Gasteiger partial charge in [-0.3, -0.25) is 13.9 Å². The zero-order valence-corrected chi connectivity index (χ0v) is 18.6. The van der Waals surface area contributed by atoms with Crippen molar-refractivity contribution in [1.82, 2.24) is 5.32 Å². The molecule has 7 nitrogen and oxygen atoms in total. The molecule has 2 amide bonds. The molecule has 0 aliphatic rings. The Bertz CT molecular complexity index is 977. The van der Waals surface area contributed by atoms with Crippen LogP contribution in [0.2, 0.25) is 0 Å². The Morgan fingerprint density at radius 1 is 0.967 bits per heavy atom. The van der Waals surface area contributed by atoms with Crippen LogP contribution in [-0.4, -0.2) is 38.6 Å². The molecule has 2 N–H and O–H groups in total. The van der Waals surface area contributed by atoms with Crippen LogP contribution in [0.15, 0.2) is 54.6 Å².